The highest BCUT2D eigenvalue weighted by Crippen LogP contribution is 2.33. The van der Waals surface area contributed by atoms with Gasteiger partial charge in [-0.15, -0.1) is 0 Å². The van der Waals surface area contributed by atoms with E-state index < -0.39 is 17.7 Å². The van der Waals surface area contributed by atoms with Crippen LogP contribution in [-0.2, 0) is 6.18 Å². The molecule has 0 saturated carbocycles. The molecule has 0 spiro atoms. The van der Waals surface area contributed by atoms with Crippen molar-refractivity contribution < 1.29 is 23.1 Å². The number of alkyl halides is 3. The molecule has 0 fully saturated rings. The van der Waals surface area contributed by atoms with E-state index in [9.17, 15) is 18.0 Å². The third-order valence-electron chi connectivity index (χ3n) is 2.97. The maximum absolute atomic E-state index is 12.7. The molecule has 20 heavy (non-hydrogen) atoms. The first-order valence-electron chi connectivity index (χ1n) is 5.80. The molecule has 5 heteroatoms. The highest BCUT2D eigenvalue weighted by Gasteiger charge is 2.30. The van der Waals surface area contributed by atoms with Gasteiger partial charge in [-0.3, -0.25) is 0 Å². The van der Waals surface area contributed by atoms with Crippen LogP contribution in [-0.4, -0.2) is 11.1 Å². The third kappa shape index (κ3) is 2.82. The topological polar surface area (TPSA) is 37.3 Å². The SMILES string of the molecule is Cc1cc(C(=O)O)ccc1-c1cccc(C(F)(F)F)c1. The first-order valence-corrected chi connectivity index (χ1v) is 5.80. The van der Waals surface area contributed by atoms with Gasteiger partial charge >= 0.3 is 12.1 Å². The van der Waals surface area contributed by atoms with Gasteiger partial charge in [0.15, 0.2) is 0 Å². The van der Waals surface area contributed by atoms with Crippen LogP contribution in [0.3, 0.4) is 0 Å². The van der Waals surface area contributed by atoms with Crippen LogP contribution in [0.5, 0.6) is 0 Å². The molecule has 0 saturated heterocycles. The van der Waals surface area contributed by atoms with Crippen molar-refractivity contribution in [2.24, 2.45) is 0 Å². The fraction of sp³-hybridized carbons (Fsp3) is 0.133. The average Bonchev–Trinajstić information content (AvgIpc) is 2.37. The molecule has 0 heterocycles. The molecule has 0 atom stereocenters. The van der Waals surface area contributed by atoms with E-state index in [1.54, 1.807) is 13.0 Å². The Morgan fingerprint density at radius 1 is 1.10 bits per heavy atom. The molecule has 2 aromatic rings. The Morgan fingerprint density at radius 2 is 1.80 bits per heavy atom. The Kier molecular flexibility index (Phi) is 3.53. The van der Waals surface area contributed by atoms with E-state index in [-0.39, 0.29) is 5.56 Å². The molecule has 0 aromatic heterocycles. The predicted molar refractivity (Wildman–Crippen MR) is 68.6 cm³/mol. The number of carboxylic acid groups (broad SMARTS) is 1. The Bertz CT molecular complexity index is 660. The number of hydrogen-bond acceptors (Lipinski definition) is 1. The van der Waals surface area contributed by atoms with Gasteiger partial charge < -0.3 is 5.11 Å². The van der Waals surface area contributed by atoms with Gasteiger partial charge in [0.1, 0.15) is 0 Å². The molecule has 2 nitrogen and oxygen atoms in total. The van der Waals surface area contributed by atoms with Crippen LogP contribution < -0.4 is 0 Å². The van der Waals surface area contributed by atoms with Crippen molar-refractivity contribution in [1.29, 1.82) is 0 Å². The molecular formula is C15H11F3O2. The lowest BCUT2D eigenvalue weighted by molar-refractivity contribution is -0.137. The number of hydrogen-bond donors (Lipinski definition) is 1. The summed E-state index contributed by atoms with van der Waals surface area (Å²) in [4.78, 5) is 10.8. The molecule has 0 aliphatic rings. The summed E-state index contributed by atoms with van der Waals surface area (Å²) in [5, 5.41) is 8.87. The van der Waals surface area contributed by atoms with Gasteiger partial charge in [0.25, 0.3) is 0 Å². The number of rotatable bonds is 2. The fourth-order valence-corrected chi connectivity index (χ4v) is 1.98. The zero-order chi connectivity index (χ0) is 14.9. The van der Waals surface area contributed by atoms with Crippen LogP contribution >= 0.6 is 0 Å². The summed E-state index contributed by atoms with van der Waals surface area (Å²) in [6.45, 7) is 1.67. The average molecular weight is 280 g/mol. The van der Waals surface area contributed by atoms with Gasteiger partial charge in [-0.1, -0.05) is 18.2 Å². The lowest BCUT2D eigenvalue weighted by Gasteiger charge is -2.11. The third-order valence-corrected chi connectivity index (χ3v) is 2.97. The quantitative estimate of drug-likeness (QED) is 0.886. The highest BCUT2D eigenvalue weighted by atomic mass is 19.4. The van der Waals surface area contributed by atoms with Crippen LogP contribution in [0.2, 0.25) is 0 Å². The molecule has 0 unspecified atom stereocenters. The van der Waals surface area contributed by atoms with E-state index >= 15 is 0 Å². The van der Waals surface area contributed by atoms with Crippen molar-refractivity contribution >= 4 is 5.97 Å². The second kappa shape index (κ2) is 5.00. The molecule has 0 aliphatic heterocycles. The van der Waals surface area contributed by atoms with E-state index in [2.05, 4.69) is 0 Å². The lowest BCUT2D eigenvalue weighted by atomic mass is 9.97. The van der Waals surface area contributed by atoms with Crippen molar-refractivity contribution in [2.75, 3.05) is 0 Å². The van der Waals surface area contributed by atoms with Gasteiger partial charge in [0.05, 0.1) is 11.1 Å². The van der Waals surface area contributed by atoms with Crippen molar-refractivity contribution in [3.8, 4) is 11.1 Å². The normalized spacial score (nSPS) is 11.4. The monoisotopic (exact) mass is 280 g/mol. The summed E-state index contributed by atoms with van der Waals surface area (Å²) < 4.78 is 38.0. The van der Waals surface area contributed by atoms with E-state index in [1.165, 1.54) is 24.3 Å². The van der Waals surface area contributed by atoms with Gasteiger partial charge in [0.2, 0.25) is 0 Å². The molecule has 2 rings (SSSR count). The summed E-state index contributed by atoms with van der Waals surface area (Å²) in [5.74, 6) is -1.07. The van der Waals surface area contributed by atoms with Crippen molar-refractivity contribution in [1.82, 2.24) is 0 Å². The van der Waals surface area contributed by atoms with E-state index in [4.69, 9.17) is 5.11 Å². The summed E-state index contributed by atoms with van der Waals surface area (Å²) in [7, 11) is 0. The predicted octanol–water partition coefficient (Wildman–Crippen LogP) is 4.38. The van der Waals surface area contributed by atoms with Crippen LogP contribution in [0, 0.1) is 6.92 Å². The van der Waals surface area contributed by atoms with Crippen molar-refractivity contribution in [2.45, 2.75) is 13.1 Å². The minimum atomic E-state index is -4.40. The summed E-state index contributed by atoms with van der Waals surface area (Å²) in [5.41, 5.74) is 0.995. The van der Waals surface area contributed by atoms with Crippen LogP contribution in [0.15, 0.2) is 42.5 Å². The van der Waals surface area contributed by atoms with E-state index in [0.717, 1.165) is 12.1 Å². The van der Waals surface area contributed by atoms with Gasteiger partial charge in [-0.2, -0.15) is 13.2 Å². The molecule has 0 amide bonds. The van der Waals surface area contributed by atoms with Crippen molar-refractivity contribution in [3.63, 3.8) is 0 Å². The van der Waals surface area contributed by atoms with Gasteiger partial charge in [0, 0.05) is 0 Å². The lowest BCUT2D eigenvalue weighted by Crippen LogP contribution is -2.04. The molecular weight excluding hydrogens is 269 g/mol. The zero-order valence-corrected chi connectivity index (χ0v) is 10.5. The minimum absolute atomic E-state index is 0.109. The minimum Gasteiger partial charge on any atom is -0.478 e. The second-order valence-corrected chi connectivity index (χ2v) is 4.41. The standard InChI is InChI=1S/C15H11F3O2/c1-9-7-11(14(19)20)5-6-13(9)10-3-2-4-12(8-10)15(16,17)18/h2-8H,1H3,(H,19,20). The first-order chi connectivity index (χ1) is 9.29. The molecule has 1 N–H and O–H groups in total. The first kappa shape index (κ1) is 14.1. The Balaban J connectivity index is 2.49. The van der Waals surface area contributed by atoms with E-state index in [1.807, 2.05) is 0 Å². The fourth-order valence-electron chi connectivity index (χ4n) is 1.98. The Morgan fingerprint density at radius 3 is 2.35 bits per heavy atom. The number of carbonyl (C=O) groups is 1. The van der Waals surface area contributed by atoms with Gasteiger partial charge in [-0.25, -0.2) is 4.79 Å². The number of halogens is 3. The molecule has 0 aliphatic carbocycles. The maximum Gasteiger partial charge on any atom is 0.416 e. The van der Waals surface area contributed by atoms with Crippen LogP contribution in [0.25, 0.3) is 11.1 Å². The summed E-state index contributed by atoms with van der Waals surface area (Å²) >= 11 is 0. The van der Waals surface area contributed by atoms with Crippen LogP contribution in [0.1, 0.15) is 21.5 Å². The molecule has 2 aromatic carbocycles. The number of aryl methyl sites for hydroxylation is 1. The number of aromatic carboxylic acids is 1. The largest absolute Gasteiger partial charge is 0.478 e. The number of carboxylic acids is 1. The number of benzene rings is 2. The van der Waals surface area contributed by atoms with Gasteiger partial charge in [-0.05, 0) is 47.9 Å². The smallest absolute Gasteiger partial charge is 0.416 e. The maximum atomic E-state index is 12.7. The van der Waals surface area contributed by atoms with Crippen LogP contribution in [0.4, 0.5) is 13.2 Å². The molecule has 104 valence electrons. The molecule has 0 radical (unpaired) electrons. The highest BCUT2D eigenvalue weighted by molar-refractivity contribution is 5.89. The Labute approximate surface area is 113 Å². The zero-order valence-electron chi connectivity index (χ0n) is 10.5. The summed E-state index contributed by atoms with van der Waals surface area (Å²) in [6, 6.07) is 9.31. The second-order valence-electron chi connectivity index (χ2n) is 4.41. The Hall–Kier alpha value is -2.30. The summed E-state index contributed by atoms with van der Waals surface area (Å²) in [6.07, 6.45) is -4.40. The van der Waals surface area contributed by atoms with E-state index in [0.29, 0.717) is 16.7 Å². The van der Waals surface area contributed by atoms with Crippen molar-refractivity contribution in [3.05, 3.63) is 59.2 Å². The molecule has 0 bridgehead atoms.